The number of hydrogen-bond acceptors (Lipinski definition) is 5. The standard InChI is InChI=1S/C14H23N3O4/c18-13(16-5-8-17-6-3-15-4-7-17)11-9-1-2-10(21-9)12(11)14(19)20/h9-12,15H,1-8H2,(H,16,18)(H,19,20)/t9-,10+,11?,12?/m0/s1. The van der Waals surface area contributed by atoms with E-state index in [2.05, 4.69) is 15.5 Å². The van der Waals surface area contributed by atoms with Crippen LogP contribution in [0.1, 0.15) is 12.8 Å². The van der Waals surface area contributed by atoms with Crippen molar-refractivity contribution in [2.24, 2.45) is 11.8 Å². The fraction of sp³-hybridized carbons (Fsp3) is 0.857. The van der Waals surface area contributed by atoms with Crippen molar-refractivity contribution in [3.05, 3.63) is 0 Å². The van der Waals surface area contributed by atoms with E-state index >= 15 is 0 Å². The van der Waals surface area contributed by atoms with Crippen LogP contribution in [0.25, 0.3) is 0 Å². The van der Waals surface area contributed by atoms with Crippen molar-refractivity contribution in [2.75, 3.05) is 39.3 Å². The minimum Gasteiger partial charge on any atom is -0.481 e. The summed E-state index contributed by atoms with van der Waals surface area (Å²) in [6.07, 6.45) is 1.06. The first kappa shape index (κ1) is 14.7. The summed E-state index contributed by atoms with van der Waals surface area (Å²) < 4.78 is 5.62. The number of carboxylic acid groups (broad SMARTS) is 1. The molecule has 2 unspecified atom stereocenters. The fourth-order valence-electron chi connectivity index (χ4n) is 3.71. The Balaban J connectivity index is 1.49. The molecule has 3 aliphatic rings. The summed E-state index contributed by atoms with van der Waals surface area (Å²) >= 11 is 0. The van der Waals surface area contributed by atoms with Crippen molar-refractivity contribution in [2.45, 2.75) is 25.0 Å². The van der Waals surface area contributed by atoms with Crippen LogP contribution in [0.3, 0.4) is 0 Å². The Bertz CT molecular complexity index is 411. The summed E-state index contributed by atoms with van der Waals surface area (Å²) in [6, 6.07) is 0. The quantitative estimate of drug-likeness (QED) is 0.596. The molecule has 0 radical (unpaired) electrons. The second kappa shape index (κ2) is 6.29. The van der Waals surface area contributed by atoms with Crippen molar-refractivity contribution in [1.82, 2.24) is 15.5 Å². The SMILES string of the molecule is O=C(NCCN1CCNCC1)C1C(C(=O)O)[C@H]2CC[C@@H]1O2. The minimum atomic E-state index is -0.913. The largest absolute Gasteiger partial charge is 0.481 e. The van der Waals surface area contributed by atoms with Gasteiger partial charge in [0.25, 0.3) is 0 Å². The van der Waals surface area contributed by atoms with Crippen LogP contribution in [-0.4, -0.2) is 73.4 Å². The molecule has 7 heteroatoms. The van der Waals surface area contributed by atoms with Crippen molar-refractivity contribution >= 4 is 11.9 Å². The molecule has 0 aromatic carbocycles. The normalized spacial score (nSPS) is 35.8. The number of hydrogen-bond donors (Lipinski definition) is 3. The molecular formula is C14H23N3O4. The zero-order chi connectivity index (χ0) is 14.8. The van der Waals surface area contributed by atoms with Gasteiger partial charge >= 0.3 is 5.97 Å². The van der Waals surface area contributed by atoms with E-state index in [1.807, 2.05) is 0 Å². The molecule has 1 amide bonds. The Labute approximate surface area is 124 Å². The van der Waals surface area contributed by atoms with Crippen LogP contribution >= 0.6 is 0 Å². The second-order valence-corrected chi connectivity index (χ2v) is 6.06. The van der Waals surface area contributed by atoms with Gasteiger partial charge in [-0.1, -0.05) is 0 Å². The van der Waals surface area contributed by atoms with E-state index < -0.39 is 17.8 Å². The zero-order valence-corrected chi connectivity index (χ0v) is 12.1. The summed E-state index contributed by atoms with van der Waals surface area (Å²) in [5.41, 5.74) is 0. The Morgan fingerprint density at radius 1 is 1.19 bits per heavy atom. The van der Waals surface area contributed by atoms with Gasteiger partial charge < -0.3 is 20.5 Å². The smallest absolute Gasteiger partial charge is 0.310 e. The number of aliphatic carboxylic acids is 1. The van der Waals surface area contributed by atoms with Gasteiger partial charge in [0.2, 0.25) is 5.91 Å². The molecule has 0 aliphatic carbocycles. The first-order chi connectivity index (χ1) is 10.2. The van der Waals surface area contributed by atoms with Gasteiger partial charge in [-0.2, -0.15) is 0 Å². The molecule has 3 saturated heterocycles. The van der Waals surface area contributed by atoms with E-state index in [9.17, 15) is 14.7 Å². The highest BCUT2D eigenvalue weighted by atomic mass is 16.5. The summed E-state index contributed by atoms with van der Waals surface area (Å²) in [6.45, 7) is 5.33. The molecule has 3 heterocycles. The number of fused-ring (bicyclic) bond motifs is 2. The summed E-state index contributed by atoms with van der Waals surface area (Å²) in [4.78, 5) is 26.0. The predicted octanol–water partition coefficient (Wildman–Crippen LogP) is -1.11. The Morgan fingerprint density at radius 2 is 1.86 bits per heavy atom. The lowest BCUT2D eigenvalue weighted by Crippen LogP contribution is -2.48. The first-order valence-electron chi connectivity index (χ1n) is 7.76. The van der Waals surface area contributed by atoms with Gasteiger partial charge in [-0.05, 0) is 12.8 Å². The number of carboxylic acids is 1. The summed E-state index contributed by atoms with van der Waals surface area (Å²) in [5, 5.41) is 15.5. The highest BCUT2D eigenvalue weighted by Gasteiger charge is 2.55. The van der Waals surface area contributed by atoms with Crippen molar-refractivity contribution in [3.63, 3.8) is 0 Å². The molecule has 3 rings (SSSR count). The minimum absolute atomic E-state index is 0.162. The Morgan fingerprint density at radius 3 is 2.52 bits per heavy atom. The van der Waals surface area contributed by atoms with Crippen molar-refractivity contribution < 1.29 is 19.4 Å². The van der Waals surface area contributed by atoms with E-state index in [0.717, 1.165) is 45.6 Å². The van der Waals surface area contributed by atoms with E-state index in [4.69, 9.17) is 4.74 Å². The van der Waals surface area contributed by atoms with E-state index in [1.165, 1.54) is 0 Å². The van der Waals surface area contributed by atoms with E-state index in [-0.39, 0.29) is 18.1 Å². The maximum absolute atomic E-state index is 12.3. The molecule has 4 atom stereocenters. The van der Waals surface area contributed by atoms with Crippen LogP contribution in [0.15, 0.2) is 0 Å². The van der Waals surface area contributed by atoms with Crippen molar-refractivity contribution in [3.8, 4) is 0 Å². The molecule has 7 nitrogen and oxygen atoms in total. The van der Waals surface area contributed by atoms with Crippen LogP contribution in [0.5, 0.6) is 0 Å². The fourth-order valence-corrected chi connectivity index (χ4v) is 3.71. The molecule has 2 bridgehead atoms. The molecule has 0 spiro atoms. The van der Waals surface area contributed by atoms with Gasteiger partial charge in [0.1, 0.15) is 0 Å². The third kappa shape index (κ3) is 3.04. The molecular weight excluding hydrogens is 274 g/mol. The maximum Gasteiger partial charge on any atom is 0.310 e. The van der Waals surface area contributed by atoms with Crippen LogP contribution in [0.4, 0.5) is 0 Å². The average molecular weight is 297 g/mol. The first-order valence-corrected chi connectivity index (χ1v) is 7.76. The maximum atomic E-state index is 12.3. The lowest BCUT2D eigenvalue weighted by molar-refractivity contribution is -0.147. The topological polar surface area (TPSA) is 90.9 Å². The van der Waals surface area contributed by atoms with Gasteiger partial charge in [0.05, 0.1) is 24.0 Å². The number of carbonyl (C=O) groups is 2. The second-order valence-electron chi connectivity index (χ2n) is 6.06. The van der Waals surface area contributed by atoms with Crippen LogP contribution in [0.2, 0.25) is 0 Å². The monoisotopic (exact) mass is 297 g/mol. The number of rotatable bonds is 5. The average Bonchev–Trinajstić information content (AvgIpc) is 3.08. The Kier molecular flexibility index (Phi) is 4.42. The lowest BCUT2D eigenvalue weighted by Gasteiger charge is -2.28. The third-order valence-electron chi connectivity index (χ3n) is 4.80. The molecule has 0 aromatic heterocycles. The number of piperazine rings is 1. The zero-order valence-electron chi connectivity index (χ0n) is 12.1. The molecule has 21 heavy (non-hydrogen) atoms. The third-order valence-corrected chi connectivity index (χ3v) is 4.80. The number of carbonyl (C=O) groups excluding carboxylic acids is 1. The number of ether oxygens (including phenoxy) is 1. The van der Waals surface area contributed by atoms with Gasteiger partial charge in [-0.25, -0.2) is 0 Å². The highest BCUT2D eigenvalue weighted by molar-refractivity contribution is 5.86. The Hall–Kier alpha value is -1.18. The molecule has 118 valence electrons. The number of nitrogens with one attached hydrogen (secondary N) is 2. The van der Waals surface area contributed by atoms with E-state index in [1.54, 1.807) is 0 Å². The summed E-state index contributed by atoms with van der Waals surface area (Å²) in [5.74, 6) is -2.28. The van der Waals surface area contributed by atoms with Gasteiger partial charge in [-0.15, -0.1) is 0 Å². The lowest BCUT2D eigenvalue weighted by atomic mass is 9.79. The van der Waals surface area contributed by atoms with Crippen LogP contribution < -0.4 is 10.6 Å². The highest BCUT2D eigenvalue weighted by Crippen LogP contribution is 2.43. The summed E-state index contributed by atoms with van der Waals surface area (Å²) in [7, 11) is 0. The molecule has 3 N–H and O–H groups in total. The number of nitrogens with zero attached hydrogens (tertiary/aromatic N) is 1. The molecule has 0 aromatic rings. The number of amides is 1. The van der Waals surface area contributed by atoms with E-state index in [0.29, 0.717) is 6.54 Å². The van der Waals surface area contributed by atoms with Gasteiger partial charge in [-0.3, -0.25) is 14.5 Å². The van der Waals surface area contributed by atoms with Crippen molar-refractivity contribution in [1.29, 1.82) is 0 Å². The molecule has 3 fully saturated rings. The molecule has 3 aliphatic heterocycles. The molecule has 0 saturated carbocycles. The van der Waals surface area contributed by atoms with Gasteiger partial charge in [0.15, 0.2) is 0 Å². The van der Waals surface area contributed by atoms with Crippen LogP contribution in [0, 0.1) is 11.8 Å². The van der Waals surface area contributed by atoms with Gasteiger partial charge in [0, 0.05) is 39.3 Å². The van der Waals surface area contributed by atoms with Crippen LogP contribution in [-0.2, 0) is 14.3 Å². The predicted molar refractivity (Wildman–Crippen MR) is 74.8 cm³/mol.